The first kappa shape index (κ1) is 18.3. The van der Waals surface area contributed by atoms with Gasteiger partial charge in [0.15, 0.2) is 0 Å². The van der Waals surface area contributed by atoms with Crippen LogP contribution in [0, 0.1) is 5.82 Å². The van der Waals surface area contributed by atoms with Crippen molar-refractivity contribution in [1.82, 2.24) is 10.2 Å². The zero-order valence-electron chi connectivity index (χ0n) is 14.9. The second-order valence-electron chi connectivity index (χ2n) is 6.66. The molecule has 3 nitrogen and oxygen atoms in total. The molecule has 0 fully saturated rings. The third-order valence-corrected chi connectivity index (χ3v) is 6.80. The lowest BCUT2D eigenvalue weighted by molar-refractivity contribution is -0.122. The average Bonchev–Trinajstić information content (AvgIpc) is 3.35. The molecule has 0 radical (unpaired) electrons. The van der Waals surface area contributed by atoms with Gasteiger partial charge in [-0.15, -0.1) is 22.7 Å². The highest BCUT2D eigenvalue weighted by molar-refractivity contribution is 7.10. The first-order chi connectivity index (χ1) is 13.2. The highest BCUT2D eigenvalue weighted by Gasteiger charge is 2.31. The summed E-state index contributed by atoms with van der Waals surface area (Å²) >= 11 is 3.55. The van der Waals surface area contributed by atoms with Crippen LogP contribution in [-0.4, -0.2) is 30.4 Å². The zero-order valence-corrected chi connectivity index (χ0v) is 16.5. The van der Waals surface area contributed by atoms with Crippen molar-refractivity contribution in [3.8, 4) is 0 Å². The van der Waals surface area contributed by atoms with E-state index < -0.39 is 0 Å². The Hall–Kier alpha value is -2.02. The lowest BCUT2D eigenvalue weighted by atomic mass is 9.98. The number of rotatable bonds is 6. The summed E-state index contributed by atoms with van der Waals surface area (Å²) in [4.78, 5) is 17.5. The molecule has 2 aromatic heterocycles. The maximum absolute atomic E-state index is 13.0. The smallest absolute Gasteiger partial charge is 0.234 e. The van der Waals surface area contributed by atoms with Crippen LogP contribution in [0.2, 0.25) is 0 Å². The summed E-state index contributed by atoms with van der Waals surface area (Å²) in [6, 6.07) is 13.0. The first-order valence-corrected chi connectivity index (χ1v) is 10.8. The van der Waals surface area contributed by atoms with Crippen LogP contribution in [-0.2, 0) is 17.6 Å². The third kappa shape index (κ3) is 4.29. The van der Waals surface area contributed by atoms with E-state index in [1.807, 2.05) is 11.3 Å². The molecule has 1 aliphatic rings. The summed E-state index contributed by atoms with van der Waals surface area (Å²) in [5, 5.41) is 7.25. The molecule has 140 valence electrons. The molecular formula is C21H21FN2OS2. The van der Waals surface area contributed by atoms with Crippen molar-refractivity contribution in [2.24, 2.45) is 0 Å². The van der Waals surface area contributed by atoms with Crippen LogP contribution in [0.3, 0.4) is 0 Å². The fourth-order valence-corrected chi connectivity index (χ4v) is 5.34. The Labute approximate surface area is 166 Å². The molecule has 4 rings (SSSR count). The summed E-state index contributed by atoms with van der Waals surface area (Å²) in [6.45, 7) is 1.84. The molecular weight excluding hydrogens is 379 g/mol. The van der Waals surface area contributed by atoms with Crippen molar-refractivity contribution in [2.45, 2.75) is 18.9 Å². The molecule has 0 aliphatic carbocycles. The molecule has 0 saturated heterocycles. The summed E-state index contributed by atoms with van der Waals surface area (Å²) < 4.78 is 13.0. The molecule has 1 amide bonds. The number of benzene rings is 1. The SMILES string of the molecule is O=C(CN1CCc2sccc2C1c1cccs1)NCCc1ccc(F)cc1. The number of hydrogen-bond donors (Lipinski definition) is 1. The van der Waals surface area contributed by atoms with Gasteiger partial charge in [-0.3, -0.25) is 9.69 Å². The number of amides is 1. The van der Waals surface area contributed by atoms with Crippen molar-refractivity contribution in [1.29, 1.82) is 0 Å². The van der Waals surface area contributed by atoms with E-state index in [-0.39, 0.29) is 17.8 Å². The van der Waals surface area contributed by atoms with E-state index in [4.69, 9.17) is 0 Å². The Balaban J connectivity index is 1.37. The van der Waals surface area contributed by atoms with E-state index in [1.54, 1.807) is 23.5 Å². The van der Waals surface area contributed by atoms with Crippen LogP contribution in [0.5, 0.6) is 0 Å². The van der Waals surface area contributed by atoms with Crippen LogP contribution < -0.4 is 5.32 Å². The lowest BCUT2D eigenvalue weighted by Gasteiger charge is -2.34. The number of fused-ring (bicyclic) bond motifs is 1. The number of hydrogen-bond acceptors (Lipinski definition) is 4. The lowest BCUT2D eigenvalue weighted by Crippen LogP contribution is -2.42. The van der Waals surface area contributed by atoms with Gasteiger partial charge < -0.3 is 5.32 Å². The standard InChI is InChI=1S/C21H21FN2OS2/c22-16-5-3-15(4-6-16)7-10-23-20(25)14-24-11-8-18-17(9-13-27-18)21(24)19-2-1-12-26-19/h1-6,9,12-13,21H,7-8,10-11,14H2,(H,23,25). The molecule has 0 saturated carbocycles. The quantitative estimate of drug-likeness (QED) is 0.671. The van der Waals surface area contributed by atoms with Gasteiger partial charge >= 0.3 is 0 Å². The topological polar surface area (TPSA) is 32.3 Å². The monoisotopic (exact) mass is 400 g/mol. The normalized spacial score (nSPS) is 16.9. The Bertz CT molecular complexity index is 889. The second-order valence-corrected chi connectivity index (χ2v) is 8.64. The van der Waals surface area contributed by atoms with Crippen LogP contribution in [0.15, 0.2) is 53.2 Å². The van der Waals surface area contributed by atoms with Crippen molar-refractivity contribution in [3.63, 3.8) is 0 Å². The predicted molar refractivity (Wildman–Crippen MR) is 109 cm³/mol. The van der Waals surface area contributed by atoms with Gasteiger partial charge in [0.25, 0.3) is 0 Å². The number of halogens is 1. The number of thiophene rings is 2. The van der Waals surface area contributed by atoms with Gasteiger partial charge in [0, 0.05) is 22.8 Å². The Morgan fingerprint density at radius 2 is 2.00 bits per heavy atom. The van der Waals surface area contributed by atoms with Crippen molar-refractivity contribution >= 4 is 28.6 Å². The highest BCUT2D eigenvalue weighted by Crippen LogP contribution is 2.39. The first-order valence-electron chi connectivity index (χ1n) is 9.05. The predicted octanol–water partition coefficient (Wildman–Crippen LogP) is 4.26. The summed E-state index contributed by atoms with van der Waals surface area (Å²) in [5.74, 6) is -0.197. The molecule has 1 N–H and O–H groups in total. The maximum atomic E-state index is 13.0. The molecule has 3 heterocycles. The van der Waals surface area contributed by atoms with Crippen LogP contribution in [0.4, 0.5) is 4.39 Å². The number of carbonyl (C=O) groups is 1. The fraction of sp³-hybridized carbons (Fsp3) is 0.286. The minimum Gasteiger partial charge on any atom is -0.355 e. The summed E-state index contributed by atoms with van der Waals surface area (Å²) in [6.07, 6.45) is 1.70. The fourth-order valence-electron chi connectivity index (χ4n) is 3.56. The molecule has 1 aromatic carbocycles. The van der Waals surface area contributed by atoms with Gasteiger partial charge in [-0.2, -0.15) is 0 Å². The largest absolute Gasteiger partial charge is 0.355 e. The molecule has 3 aromatic rings. The van der Waals surface area contributed by atoms with Crippen molar-refractivity contribution in [2.75, 3.05) is 19.6 Å². The van der Waals surface area contributed by atoms with Crippen molar-refractivity contribution in [3.05, 3.63) is 79.9 Å². The van der Waals surface area contributed by atoms with Gasteiger partial charge in [0.05, 0.1) is 12.6 Å². The zero-order chi connectivity index (χ0) is 18.6. The van der Waals surface area contributed by atoms with E-state index in [1.165, 1.54) is 27.5 Å². The number of nitrogens with one attached hydrogen (secondary N) is 1. The van der Waals surface area contributed by atoms with Gasteiger partial charge in [-0.05, 0) is 59.0 Å². The van der Waals surface area contributed by atoms with Gasteiger partial charge in [0.1, 0.15) is 5.82 Å². The Morgan fingerprint density at radius 1 is 1.15 bits per heavy atom. The van der Waals surface area contributed by atoms with E-state index in [0.29, 0.717) is 19.5 Å². The molecule has 1 atom stereocenters. The minimum absolute atomic E-state index is 0.0392. The van der Waals surface area contributed by atoms with E-state index in [9.17, 15) is 9.18 Å². The maximum Gasteiger partial charge on any atom is 0.234 e. The third-order valence-electron chi connectivity index (χ3n) is 4.87. The molecule has 0 bridgehead atoms. The molecule has 6 heteroatoms. The second kappa shape index (κ2) is 8.33. The highest BCUT2D eigenvalue weighted by atomic mass is 32.1. The van der Waals surface area contributed by atoms with Gasteiger partial charge in [-0.1, -0.05) is 18.2 Å². The molecule has 27 heavy (non-hydrogen) atoms. The van der Waals surface area contributed by atoms with Crippen molar-refractivity contribution < 1.29 is 9.18 Å². The van der Waals surface area contributed by atoms with E-state index in [0.717, 1.165) is 18.5 Å². The minimum atomic E-state index is -0.236. The molecule has 1 aliphatic heterocycles. The number of carbonyl (C=O) groups excluding carboxylic acids is 1. The van der Waals surface area contributed by atoms with Gasteiger partial charge in [0.2, 0.25) is 5.91 Å². The number of nitrogens with zero attached hydrogens (tertiary/aromatic N) is 1. The van der Waals surface area contributed by atoms with Crippen LogP contribution >= 0.6 is 22.7 Å². The average molecular weight is 401 g/mol. The molecule has 1 unspecified atom stereocenters. The molecule has 0 spiro atoms. The Morgan fingerprint density at radius 3 is 2.78 bits per heavy atom. The van der Waals surface area contributed by atoms with Gasteiger partial charge in [-0.25, -0.2) is 4.39 Å². The van der Waals surface area contributed by atoms with E-state index >= 15 is 0 Å². The Kier molecular flexibility index (Phi) is 5.66. The summed E-state index contributed by atoms with van der Waals surface area (Å²) in [5.41, 5.74) is 2.36. The van der Waals surface area contributed by atoms with Crippen LogP contribution in [0.25, 0.3) is 0 Å². The van der Waals surface area contributed by atoms with E-state index in [2.05, 4.69) is 39.2 Å². The van der Waals surface area contributed by atoms with Crippen LogP contribution in [0.1, 0.15) is 26.9 Å². The summed E-state index contributed by atoms with van der Waals surface area (Å²) in [7, 11) is 0.